The third kappa shape index (κ3) is 3.85. The molecule has 2 aliphatic rings. The number of hydrogen-bond acceptors (Lipinski definition) is 6. The number of fused-ring (bicyclic) bond motifs is 1. The molecule has 8 heteroatoms. The van der Waals surface area contributed by atoms with Crippen LogP contribution in [-0.2, 0) is 11.3 Å². The maximum atomic E-state index is 13.2. The summed E-state index contributed by atoms with van der Waals surface area (Å²) in [6.07, 6.45) is 3.36. The molecule has 2 amide bonds. The number of rotatable bonds is 7. The summed E-state index contributed by atoms with van der Waals surface area (Å²) in [7, 11) is 0. The van der Waals surface area contributed by atoms with Crippen molar-refractivity contribution in [3.8, 4) is 10.6 Å². The minimum atomic E-state index is -0.146. The fourth-order valence-electron chi connectivity index (χ4n) is 3.85. The van der Waals surface area contributed by atoms with Crippen molar-refractivity contribution in [3.63, 3.8) is 0 Å². The lowest BCUT2D eigenvalue weighted by Gasteiger charge is -2.24. The Balaban J connectivity index is 1.73. The van der Waals surface area contributed by atoms with Gasteiger partial charge in [0.15, 0.2) is 5.13 Å². The van der Waals surface area contributed by atoms with Gasteiger partial charge in [0.1, 0.15) is 5.82 Å². The highest BCUT2D eigenvalue weighted by atomic mass is 32.1. The van der Waals surface area contributed by atoms with Gasteiger partial charge in [0.05, 0.1) is 21.8 Å². The van der Waals surface area contributed by atoms with Gasteiger partial charge in [0.25, 0.3) is 5.91 Å². The van der Waals surface area contributed by atoms with Gasteiger partial charge in [-0.1, -0.05) is 18.3 Å². The van der Waals surface area contributed by atoms with Gasteiger partial charge in [-0.15, -0.1) is 0 Å². The molecule has 4 rings (SSSR count). The summed E-state index contributed by atoms with van der Waals surface area (Å²) in [4.78, 5) is 36.7. The summed E-state index contributed by atoms with van der Waals surface area (Å²) in [5, 5.41) is 6.67. The summed E-state index contributed by atoms with van der Waals surface area (Å²) in [5.41, 5.74) is 3.33. The van der Waals surface area contributed by atoms with Crippen molar-refractivity contribution < 1.29 is 9.59 Å². The summed E-state index contributed by atoms with van der Waals surface area (Å²) < 4.78 is 0. The van der Waals surface area contributed by atoms with E-state index >= 15 is 0 Å². The number of aromatic nitrogens is 2. The van der Waals surface area contributed by atoms with Gasteiger partial charge in [-0.2, -0.15) is 0 Å². The summed E-state index contributed by atoms with van der Waals surface area (Å²) >= 11 is 1.41. The molecular weight excluding hydrogens is 386 g/mol. The Labute approximate surface area is 174 Å². The Hall–Kier alpha value is -2.48. The van der Waals surface area contributed by atoms with Crippen molar-refractivity contribution in [2.45, 2.75) is 59.5 Å². The lowest BCUT2D eigenvalue weighted by Crippen LogP contribution is -2.34. The Kier molecular flexibility index (Phi) is 5.29. The second kappa shape index (κ2) is 7.74. The van der Waals surface area contributed by atoms with Crippen LogP contribution in [0.3, 0.4) is 0 Å². The standard InChI is InChI=1S/C21H27N5O2S/c1-5-8-22-19-17-15(10-26(20(17)28)12(3)14-6-7-14)9-16(25-19)18-11(2)23-21(29-18)24-13(4)27/h9,12,14H,5-8,10H2,1-4H3,(H,22,25)(H,23,24,27)/t12-/m0/s1. The fourth-order valence-corrected chi connectivity index (χ4v) is 4.82. The number of pyridine rings is 1. The van der Waals surface area contributed by atoms with E-state index in [-0.39, 0.29) is 17.9 Å². The van der Waals surface area contributed by atoms with E-state index in [4.69, 9.17) is 4.98 Å². The third-order valence-corrected chi connectivity index (χ3v) is 6.66. The normalized spacial score (nSPS) is 16.7. The van der Waals surface area contributed by atoms with Crippen molar-refractivity contribution in [1.29, 1.82) is 0 Å². The minimum Gasteiger partial charge on any atom is -0.369 e. The second-order valence-electron chi connectivity index (χ2n) is 7.94. The fraction of sp³-hybridized carbons (Fsp3) is 0.524. The Bertz CT molecular complexity index is 966. The zero-order valence-electron chi connectivity index (χ0n) is 17.3. The molecule has 3 heterocycles. The summed E-state index contributed by atoms with van der Waals surface area (Å²) in [6, 6.07) is 2.27. The number of carbonyl (C=O) groups is 2. The first-order valence-electron chi connectivity index (χ1n) is 10.2. The molecule has 0 saturated heterocycles. The zero-order valence-corrected chi connectivity index (χ0v) is 18.2. The number of nitrogens with zero attached hydrogens (tertiary/aromatic N) is 3. The van der Waals surface area contributed by atoms with Crippen LogP contribution in [0, 0.1) is 12.8 Å². The van der Waals surface area contributed by atoms with Crippen LogP contribution in [0.2, 0.25) is 0 Å². The molecule has 7 nitrogen and oxygen atoms in total. The van der Waals surface area contributed by atoms with Crippen LogP contribution in [0.25, 0.3) is 10.6 Å². The van der Waals surface area contributed by atoms with Gasteiger partial charge in [0.2, 0.25) is 5.91 Å². The van der Waals surface area contributed by atoms with E-state index in [2.05, 4.69) is 29.5 Å². The molecule has 0 bridgehead atoms. The SMILES string of the molecule is CCCNc1nc(-c2sc(NC(C)=O)nc2C)cc2c1C(=O)N([C@@H](C)C1CC1)C2. The molecule has 1 saturated carbocycles. The summed E-state index contributed by atoms with van der Waals surface area (Å²) in [6.45, 7) is 9.01. The van der Waals surface area contributed by atoms with Crippen LogP contribution in [0.5, 0.6) is 0 Å². The molecule has 1 fully saturated rings. The number of hydrogen-bond donors (Lipinski definition) is 2. The van der Waals surface area contributed by atoms with Crippen molar-refractivity contribution in [2.24, 2.45) is 5.92 Å². The number of carbonyl (C=O) groups excluding carboxylic acids is 2. The van der Waals surface area contributed by atoms with E-state index in [0.717, 1.165) is 34.8 Å². The molecule has 29 heavy (non-hydrogen) atoms. The first kappa shape index (κ1) is 19.8. The topological polar surface area (TPSA) is 87.2 Å². The minimum absolute atomic E-state index is 0.0806. The van der Waals surface area contributed by atoms with Gasteiger partial charge in [-0.3, -0.25) is 9.59 Å². The molecular formula is C21H27N5O2S. The van der Waals surface area contributed by atoms with Crippen LogP contribution in [0.1, 0.15) is 61.6 Å². The first-order valence-corrected chi connectivity index (χ1v) is 11.0. The average Bonchev–Trinajstić information content (AvgIpc) is 3.38. The number of thiazole rings is 1. The van der Waals surface area contributed by atoms with Crippen LogP contribution in [0.4, 0.5) is 10.9 Å². The highest BCUT2D eigenvalue weighted by molar-refractivity contribution is 7.19. The maximum absolute atomic E-state index is 13.2. The van der Waals surface area contributed by atoms with E-state index in [1.165, 1.54) is 31.1 Å². The van der Waals surface area contributed by atoms with Crippen LogP contribution in [0.15, 0.2) is 6.07 Å². The van der Waals surface area contributed by atoms with Gasteiger partial charge in [-0.05, 0) is 50.7 Å². The Morgan fingerprint density at radius 3 is 2.79 bits per heavy atom. The monoisotopic (exact) mass is 413 g/mol. The van der Waals surface area contributed by atoms with Crippen LogP contribution in [-0.4, -0.2) is 39.3 Å². The van der Waals surface area contributed by atoms with Crippen molar-refractivity contribution in [2.75, 3.05) is 17.2 Å². The lowest BCUT2D eigenvalue weighted by molar-refractivity contribution is -0.114. The molecule has 1 atom stereocenters. The number of anilines is 2. The van der Waals surface area contributed by atoms with Crippen molar-refractivity contribution in [1.82, 2.24) is 14.9 Å². The van der Waals surface area contributed by atoms with Gasteiger partial charge < -0.3 is 15.5 Å². The van der Waals surface area contributed by atoms with E-state index in [9.17, 15) is 9.59 Å². The lowest BCUT2D eigenvalue weighted by atomic mass is 10.1. The summed E-state index contributed by atoms with van der Waals surface area (Å²) in [5.74, 6) is 1.21. The number of nitrogens with one attached hydrogen (secondary N) is 2. The number of amides is 2. The quantitative estimate of drug-likeness (QED) is 0.715. The van der Waals surface area contributed by atoms with Crippen molar-refractivity contribution in [3.05, 3.63) is 22.9 Å². The molecule has 2 aromatic rings. The molecule has 0 unspecified atom stereocenters. The molecule has 2 N–H and O–H groups in total. The van der Waals surface area contributed by atoms with Crippen molar-refractivity contribution >= 4 is 34.1 Å². The van der Waals surface area contributed by atoms with Gasteiger partial charge in [-0.25, -0.2) is 9.97 Å². The number of aryl methyl sites for hydroxylation is 1. The molecule has 1 aliphatic heterocycles. The maximum Gasteiger partial charge on any atom is 0.258 e. The largest absolute Gasteiger partial charge is 0.369 e. The smallest absolute Gasteiger partial charge is 0.258 e. The predicted molar refractivity (Wildman–Crippen MR) is 115 cm³/mol. The van der Waals surface area contributed by atoms with Crippen LogP contribution >= 0.6 is 11.3 Å². The molecule has 0 spiro atoms. The average molecular weight is 414 g/mol. The second-order valence-corrected chi connectivity index (χ2v) is 8.94. The first-order chi connectivity index (χ1) is 13.9. The van der Waals surface area contributed by atoms with Crippen LogP contribution < -0.4 is 10.6 Å². The molecule has 0 aromatic carbocycles. The van der Waals surface area contributed by atoms with E-state index in [1.54, 1.807) is 0 Å². The molecule has 2 aromatic heterocycles. The zero-order chi connectivity index (χ0) is 20.7. The Morgan fingerprint density at radius 2 is 2.14 bits per heavy atom. The van der Waals surface area contributed by atoms with Gasteiger partial charge in [0, 0.05) is 26.1 Å². The highest BCUT2D eigenvalue weighted by Gasteiger charge is 2.40. The molecule has 154 valence electrons. The third-order valence-electron chi connectivity index (χ3n) is 5.57. The van der Waals surface area contributed by atoms with E-state index in [1.807, 2.05) is 17.9 Å². The van der Waals surface area contributed by atoms with E-state index < -0.39 is 0 Å². The molecule has 1 aliphatic carbocycles. The van der Waals surface area contributed by atoms with Gasteiger partial charge >= 0.3 is 0 Å². The Morgan fingerprint density at radius 1 is 1.38 bits per heavy atom. The predicted octanol–water partition coefficient (Wildman–Crippen LogP) is 4.05. The highest BCUT2D eigenvalue weighted by Crippen LogP contribution is 2.41. The van der Waals surface area contributed by atoms with E-state index in [0.29, 0.717) is 29.0 Å². The molecule has 0 radical (unpaired) electrons.